The van der Waals surface area contributed by atoms with E-state index < -0.39 is 18.1 Å². The number of hydrogen-bond donors (Lipinski definition) is 2. The molecule has 2 aromatic carbocycles. The number of amides is 2. The zero-order valence-corrected chi connectivity index (χ0v) is 19.4. The highest BCUT2D eigenvalue weighted by atomic mass is 16.5. The van der Waals surface area contributed by atoms with Gasteiger partial charge in [-0.2, -0.15) is 0 Å². The Bertz CT molecular complexity index is 1120. The third-order valence-corrected chi connectivity index (χ3v) is 5.94. The summed E-state index contributed by atoms with van der Waals surface area (Å²) in [7, 11) is 4.47. The number of hydrogen-bond acceptors (Lipinski definition) is 6. The van der Waals surface area contributed by atoms with Crippen LogP contribution >= 0.6 is 0 Å². The summed E-state index contributed by atoms with van der Waals surface area (Å²) in [6.07, 6.45) is 2.56. The molecule has 1 aliphatic heterocycles. The molecule has 0 unspecified atom stereocenters. The fourth-order valence-electron chi connectivity index (χ4n) is 4.24. The van der Waals surface area contributed by atoms with Crippen LogP contribution in [-0.2, 0) is 22.4 Å². The molecule has 1 aliphatic rings. The van der Waals surface area contributed by atoms with Gasteiger partial charge in [-0.15, -0.1) is 0 Å². The standard InChI is InChI=1S/C25H28N4O5/c1-32-18-12-17(13-19(14-18)33-2)23-22-20(26-15-27-22)9-10-29(23)25(31)28-21(24(30)34-3)11-16-7-5-4-6-8-16/h4-8,12-15,21,23H,9-11H2,1-3H3,(H,26,27)(H,28,31)/t21-,23-/m1/s1. The molecule has 0 bridgehead atoms. The quantitative estimate of drug-likeness (QED) is 0.521. The predicted octanol–water partition coefficient (Wildman–Crippen LogP) is 2.87. The number of benzene rings is 2. The van der Waals surface area contributed by atoms with Gasteiger partial charge in [-0.3, -0.25) is 0 Å². The first kappa shape index (κ1) is 23.2. The molecule has 9 nitrogen and oxygen atoms in total. The SMILES string of the molecule is COC(=O)[C@@H](Cc1ccccc1)NC(=O)N1CCc2[nH]cnc2[C@H]1c1cc(OC)cc(OC)c1. The average molecular weight is 465 g/mol. The summed E-state index contributed by atoms with van der Waals surface area (Å²) in [5, 5.41) is 2.88. The largest absolute Gasteiger partial charge is 0.497 e. The van der Waals surface area contributed by atoms with Crippen molar-refractivity contribution in [2.75, 3.05) is 27.9 Å². The van der Waals surface area contributed by atoms with Crippen molar-refractivity contribution in [1.29, 1.82) is 0 Å². The number of carbonyl (C=O) groups is 2. The smallest absolute Gasteiger partial charge is 0.328 e. The average Bonchev–Trinajstić information content (AvgIpc) is 3.36. The molecular formula is C25H28N4O5. The molecular weight excluding hydrogens is 436 g/mol. The number of ether oxygens (including phenoxy) is 3. The molecule has 0 saturated heterocycles. The van der Waals surface area contributed by atoms with Crippen molar-refractivity contribution in [1.82, 2.24) is 20.2 Å². The molecule has 178 valence electrons. The number of carbonyl (C=O) groups excluding carboxylic acids is 2. The van der Waals surface area contributed by atoms with Crippen molar-refractivity contribution in [3.8, 4) is 11.5 Å². The van der Waals surface area contributed by atoms with Gasteiger partial charge in [-0.05, 0) is 23.3 Å². The molecule has 4 rings (SSSR count). The van der Waals surface area contributed by atoms with Gasteiger partial charge >= 0.3 is 12.0 Å². The van der Waals surface area contributed by atoms with Gasteiger partial charge in [0.25, 0.3) is 0 Å². The Morgan fingerprint density at radius 2 is 1.82 bits per heavy atom. The van der Waals surface area contributed by atoms with Gasteiger partial charge in [0, 0.05) is 31.1 Å². The lowest BCUT2D eigenvalue weighted by atomic mass is 9.95. The number of rotatable bonds is 7. The molecule has 34 heavy (non-hydrogen) atoms. The van der Waals surface area contributed by atoms with E-state index in [1.165, 1.54) is 7.11 Å². The fourth-order valence-corrected chi connectivity index (χ4v) is 4.24. The van der Waals surface area contributed by atoms with Gasteiger partial charge in [-0.1, -0.05) is 30.3 Å². The normalized spacial score (nSPS) is 15.7. The summed E-state index contributed by atoms with van der Waals surface area (Å²) >= 11 is 0. The first-order valence-corrected chi connectivity index (χ1v) is 11.0. The summed E-state index contributed by atoms with van der Waals surface area (Å²) < 4.78 is 15.8. The molecule has 0 aliphatic carbocycles. The zero-order chi connectivity index (χ0) is 24.1. The Hall–Kier alpha value is -4.01. The van der Waals surface area contributed by atoms with Crippen LogP contribution in [0, 0.1) is 0 Å². The van der Waals surface area contributed by atoms with Crippen LogP contribution in [0.3, 0.4) is 0 Å². The second kappa shape index (κ2) is 10.3. The van der Waals surface area contributed by atoms with Gasteiger partial charge in [-0.25, -0.2) is 14.6 Å². The fraction of sp³-hybridized carbons (Fsp3) is 0.320. The summed E-state index contributed by atoms with van der Waals surface area (Å²) in [6.45, 7) is 0.435. The highest BCUT2D eigenvalue weighted by Crippen LogP contribution is 2.37. The van der Waals surface area contributed by atoms with Crippen molar-refractivity contribution in [3.63, 3.8) is 0 Å². The van der Waals surface area contributed by atoms with Crippen LogP contribution in [-0.4, -0.2) is 60.8 Å². The topological polar surface area (TPSA) is 106 Å². The maximum atomic E-state index is 13.6. The van der Waals surface area contributed by atoms with Gasteiger partial charge in [0.1, 0.15) is 23.6 Å². The summed E-state index contributed by atoms with van der Waals surface area (Å²) in [4.78, 5) is 35.4. The highest BCUT2D eigenvalue weighted by molar-refractivity contribution is 5.84. The molecule has 0 radical (unpaired) electrons. The van der Waals surface area contributed by atoms with E-state index in [9.17, 15) is 9.59 Å². The van der Waals surface area contributed by atoms with Crippen LogP contribution in [0.15, 0.2) is 54.9 Å². The van der Waals surface area contributed by atoms with E-state index in [0.717, 1.165) is 22.5 Å². The Balaban J connectivity index is 1.66. The van der Waals surface area contributed by atoms with Crippen LogP contribution in [0.4, 0.5) is 4.79 Å². The third-order valence-electron chi connectivity index (χ3n) is 5.94. The van der Waals surface area contributed by atoms with E-state index in [0.29, 0.717) is 30.9 Å². The monoisotopic (exact) mass is 464 g/mol. The van der Waals surface area contributed by atoms with Crippen molar-refractivity contribution in [2.45, 2.75) is 24.9 Å². The number of aromatic nitrogens is 2. The van der Waals surface area contributed by atoms with Crippen LogP contribution in [0.25, 0.3) is 0 Å². The molecule has 2 heterocycles. The summed E-state index contributed by atoms with van der Waals surface area (Å²) in [6, 6.07) is 13.3. The number of nitrogens with zero attached hydrogens (tertiary/aromatic N) is 2. The third kappa shape index (κ3) is 4.83. The van der Waals surface area contributed by atoms with Gasteiger partial charge in [0.15, 0.2) is 0 Å². The number of methoxy groups -OCH3 is 3. The molecule has 0 fully saturated rings. The van der Waals surface area contributed by atoms with Crippen LogP contribution < -0.4 is 14.8 Å². The maximum Gasteiger partial charge on any atom is 0.328 e. The molecule has 9 heteroatoms. The molecule has 2 amide bonds. The lowest BCUT2D eigenvalue weighted by Crippen LogP contribution is -2.52. The number of nitrogens with one attached hydrogen (secondary N) is 2. The summed E-state index contributed by atoms with van der Waals surface area (Å²) in [5.74, 6) is 0.706. The van der Waals surface area contributed by atoms with Crippen LogP contribution in [0.2, 0.25) is 0 Å². The minimum atomic E-state index is -0.832. The number of H-pyrrole nitrogens is 1. The Labute approximate surface area is 198 Å². The van der Waals surface area contributed by atoms with Crippen LogP contribution in [0.1, 0.15) is 28.6 Å². The van der Waals surface area contributed by atoms with E-state index in [-0.39, 0.29) is 6.03 Å². The predicted molar refractivity (Wildman–Crippen MR) is 125 cm³/mol. The Kier molecular flexibility index (Phi) is 7.01. The number of imidazole rings is 1. The van der Waals surface area contributed by atoms with E-state index >= 15 is 0 Å². The first-order valence-electron chi connectivity index (χ1n) is 11.0. The van der Waals surface area contributed by atoms with Crippen molar-refractivity contribution in [3.05, 3.63) is 77.4 Å². The molecule has 2 N–H and O–H groups in total. The number of fused-ring (bicyclic) bond motifs is 1. The van der Waals surface area contributed by atoms with E-state index in [1.807, 2.05) is 42.5 Å². The lowest BCUT2D eigenvalue weighted by molar-refractivity contribution is -0.142. The van der Waals surface area contributed by atoms with E-state index in [2.05, 4.69) is 15.3 Å². The molecule has 1 aromatic heterocycles. The number of urea groups is 1. The van der Waals surface area contributed by atoms with Gasteiger partial charge < -0.3 is 29.4 Å². The minimum Gasteiger partial charge on any atom is -0.497 e. The van der Waals surface area contributed by atoms with E-state index in [4.69, 9.17) is 14.2 Å². The molecule has 0 saturated carbocycles. The van der Waals surface area contributed by atoms with E-state index in [1.54, 1.807) is 31.5 Å². The lowest BCUT2D eigenvalue weighted by Gasteiger charge is -2.36. The van der Waals surface area contributed by atoms with Gasteiger partial charge in [0.05, 0.1) is 33.4 Å². The zero-order valence-electron chi connectivity index (χ0n) is 19.4. The second-order valence-corrected chi connectivity index (χ2v) is 7.97. The summed E-state index contributed by atoms with van der Waals surface area (Å²) in [5.41, 5.74) is 3.41. The maximum absolute atomic E-state index is 13.6. The molecule has 2 atom stereocenters. The van der Waals surface area contributed by atoms with Crippen molar-refractivity contribution >= 4 is 12.0 Å². The first-order chi connectivity index (χ1) is 16.5. The minimum absolute atomic E-state index is 0.318. The van der Waals surface area contributed by atoms with Crippen LogP contribution in [0.5, 0.6) is 11.5 Å². The van der Waals surface area contributed by atoms with Crippen molar-refractivity contribution in [2.24, 2.45) is 0 Å². The molecule has 0 spiro atoms. The Morgan fingerprint density at radius 3 is 2.47 bits per heavy atom. The molecule has 3 aromatic rings. The Morgan fingerprint density at radius 1 is 1.12 bits per heavy atom. The second-order valence-electron chi connectivity index (χ2n) is 7.97. The van der Waals surface area contributed by atoms with Gasteiger partial charge in [0.2, 0.25) is 0 Å². The number of esters is 1. The van der Waals surface area contributed by atoms with Crippen molar-refractivity contribution < 1.29 is 23.8 Å². The number of aromatic amines is 1. The highest BCUT2D eigenvalue weighted by Gasteiger charge is 2.36.